The number of aryl methyl sites for hydroxylation is 1. The van der Waals surface area contributed by atoms with E-state index in [-0.39, 0.29) is 18.4 Å². The van der Waals surface area contributed by atoms with Gasteiger partial charge in [0, 0.05) is 4.90 Å². The van der Waals surface area contributed by atoms with Gasteiger partial charge >= 0.3 is 5.91 Å². The summed E-state index contributed by atoms with van der Waals surface area (Å²) in [5.74, 6) is -0.343. The molecule has 0 unspecified atom stereocenters. The molecule has 0 spiro atoms. The van der Waals surface area contributed by atoms with Gasteiger partial charge in [0.05, 0.1) is 10.6 Å². The Bertz CT molecular complexity index is 1020. The van der Waals surface area contributed by atoms with E-state index in [9.17, 15) is 9.59 Å². The molecule has 2 heterocycles. The number of aromatic amines is 1. The summed E-state index contributed by atoms with van der Waals surface area (Å²) in [6.45, 7) is 2.00. The molecule has 1 aliphatic heterocycles. The van der Waals surface area contributed by atoms with Crippen LogP contribution in [-0.2, 0) is 4.79 Å². The molecule has 0 saturated heterocycles. The fourth-order valence-corrected chi connectivity index (χ4v) is 3.95. The van der Waals surface area contributed by atoms with E-state index in [1.807, 2.05) is 61.5 Å². The van der Waals surface area contributed by atoms with Gasteiger partial charge in [0.25, 0.3) is 5.91 Å². The lowest BCUT2D eigenvalue weighted by molar-refractivity contribution is -0.376. The maximum Gasteiger partial charge on any atom is 0.333 e. The van der Waals surface area contributed by atoms with E-state index in [1.165, 1.54) is 21.9 Å². The summed E-state index contributed by atoms with van der Waals surface area (Å²) in [5.41, 5.74) is 2.89. The zero-order valence-electron chi connectivity index (χ0n) is 14.8. The summed E-state index contributed by atoms with van der Waals surface area (Å²) in [4.78, 5) is 31.6. The van der Waals surface area contributed by atoms with Crippen molar-refractivity contribution in [1.82, 2.24) is 4.57 Å². The van der Waals surface area contributed by atoms with Gasteiger partial charge in [0.15, 0.2) is 0 Å². The van der Waals surface area contributed by atoms with Gasteiger partial charge in [0.1, 0.15) is 18.9 Å². The van der Waals surface area contributed by atoms with Crippen LogP contribution in [0.4, 0.5) is 5.69 Å². The SMILES string of the molecule is Cc1ccc(C=C2Sc3ccccc3N(CC(=O)n3cc[nH+]c3)C2=O)cc1. The van der Waals surface area contributed by atoms with Crippen molar-refractivity contribution in [2.45, 2.75) is 11.8 Å². The molecule has 0 radical (unpaired) electrons. The highest BCUT2D eigenvalue weighted by Crippen LogP contribution is 2.41. The van der Waals surface area contributed by atoms with Crippen molar-refractivity contribution in [1.29, 1.82) is 0 Å². The molecule has 0 atom stereocenters. The normalized spacial score (nSPS) is 15.1. The van der Waals surface area contributed by atoms with Crippen LogP contribution >= 0.6 is 11.8 Å². The number of para-hydroxylation sites is 1. The highest BCUT2D eigenvalue weighted by molar-refractivity contribution is 8.04. The molecule has 134 valence electrons. The van der Waals surface area contributed by atoms with E-state index >= 15 is 0 Å². The van der Waals surface area contributed by atoms with Gasteiger partial charge in [-0.3, -0.25) is 9.69 Å². The second-order valence-corrected chi connectivity index (χ2v) is 7.38. The van der Waals surface area contributed by atoms with Crippen molar-refractivity contribution in [3.8, 4) is 0 Å². The number of hydrogen-bond donors (Lipinski definition) is 0. The summed E-state index contributed by atoms with van der Waals surface area (Å²) < 4.78 is 1.45. The van der Waals surface area contributed by atoms with Crippen molar-refractivity contribution >= 4 is 35.3 Å². The van der Waals surface area contributed by atoms with E-state index in [0.29, 0.717) is 4.91 Å². The number of aromatic nitrogens is 2. The molecule has 3 aromatic rings. The fourth-order valence-electron chi connectivity index (χ4n) is 2.89. The van der Waals surface area contributed by atoms with Crippen LogP contribution < -0.4 is 9.88 Å². The standard InChI is InChI=1S/C21H17N3O2S/c1-15-6-8-16(9-7-15)12-19-21(26)24(13-20(25)23-11-10-22-14-23)17-4-2-3-5-18(17)27-19/h2-12,14H,13H2,1H3/p+1. The highest BCUT2D eigenvalue weighted by Gasteiger charge is 2.31. The molecule has 1 amide bonds. The summed E-state index contributed by atoms with van der Waals surface area (Å²) in [6.07, 6.45) is 6.76. The Morgan fingerprint density at radius 1 is 1.15 bits per heavy atom. The van der Waals surface area contributed by atoms with Gasteiger partial charge in [-0.1, -0.05) is 53.7 Å². The van der Waals surface area contributed by atoms with Gasteiger partial charge in [-0.2, -0.15) is 4.57 Å². The third-order valence-electron chi connectivity index (χ3n) is 4.33. The summed E-state index contributed by atoms with van der Waals surface area (Å²) in [6, 6.07) is 15.7. The van der Waals surface area contributed by atoms with Crippen LogP contribution in [0.25, 0.3) is 6.08 Å². The second kappa shape index (κ2) is 7.25. The van der Waals surface area contributed by atoms with Gasteiger partial charge in [-0.25, -0.2) is 9.78 Å². The summed E-state index contributed by atoms with van der Waals surface area (Å²) in [7, 11) is 0. The smallest absolute Gasteiger partial charge is 0.295 e. The molecule has 0 fully saturated rings. The van der Waals surface area contributed by atoms with Gasteiger partial charge in [-0.05, 0) is 30.7 Å². The monoisotopic (exact) mass is 376 g/mol. The van der Waals surface area contributed by atoms with E-state index in [2.05, 4.69) is 4.98 Å². The van der Waals surface area contributed by atoms with Crippen molar-refractivity contribution < 1.29 is 14.6 Å². The Balaban J connectivity index is 1.70. The van der Waals surface area contributed by atoms with Crippen LogP contribution in [0.15, 0.2) is 77.1 Å². The van der Waals surface area contributed by atoms with Crippen molar-refractivity contribution in [3.63, 3.8) is 0 Å². The molecule has 1 N–H and O–H groups in total. The van der Waals surface area contributed by atoms with Gasteiger partial charge in [-0.15, -0.1) is 0 Å². The number of nitrogens with one attached hydrogen (secondary N) is 1. The van der Waals surface area contributed by atoms with Crippen LogP contribution in [0.1, 0.15) is 15.9 Å². The van der Waals surface area contributed by atoms with Gasteiger partial charge < -0.3 is 0 Å². The van der Waals surface area contributed by atoms with Crippen LogP contribution in [0.3, 0.4) is 0 Å². The average molecular weight is 376 g/mol. The minimum absolute atomic E-state index is 0.0236. The van der Waals surface area contributed by atoms with Crippen LogP contribution in [-0.4, -0.2) is 22.9 Å². The molecule has 4 rings (SSSR count). The number of benzene rings is 2. The Morgan fingerprint density at radius 2 is 1.93 bits per heavy atom. The van der Waals surface area contributed by atoms with Crippen LogP contribution in [0, 0.1) is 6.92 Å². The molecular weight excluding hydrogens is 358 g/mol. The first-order valence-electron chi connectivity index (χ1n) is 8.56. The third-order valence-corrected chi connectivity index (χ3v) is 5.41. The zero-order valence-corrected chi connectivity index (χ0v) is 15.6. The lowest BCUT2D eigenvalue weighted by atomic mass is 10.1. The number of fused-ring (bicyclic) bond motifs is 1. The Labute approximate surface area is 161 Å². The average Bonchev–Trinajstić information content (AvgIpc) is 3.21. The number of imidazole rings is 1. The summed E-state index contributed by atoms with van der Waals surface area (Å²) in [5, 5.41) is 0. The van der Waals surface area contributed by atoms with E-state index < -0.39 is 0 Å². The molecule has 0 saturated carbocycles. The fraction of sp³-hybridized carbons (Fsp3) is 0.0952. The molecular formula is C21H18N3O2S+. The zero-order chi connectivity index (χ0) is 18.8. The largest absolute Gasteiger partial charge is 0.333 e. The first kappa shape index (κ1) is 17.3. The van der Waals surface area contributed by atoms with E-state index in [1.54, 1.807) is 23.6 Å². The predicted molar refractivity (Wildman–Crippen MR) is 105 cm³/mol. The maximum atomic E-state index is 13.1. The van der Waals surface area contributed by atoms with Crippen molar-refractivity contribution in [3.05, 3.63) is 83.3 Å². The Hall–Kier alpha value is -3.12. The minimum Gasteiger partial charge on any atom is -0.295 e. The number of anilines is 1. The summed E-state index contributed by atoms with van der Waals surface area (Å²) >= 11 is 1.44. The number of hydrogen-bond acceptors (Lipinski definition) is 3. The number of thioether (sulfide) groups is 1. The first-order valence-corrected chi connectivity index (χ1v) is 9.38. The number of carbonyl (C=O) groups excluding carboxylic acids is 2. The minimum atomic E-state index is -0.180. The molecule has 2 aromatic carbocycles. The predicted octanol–water partition coefficient (Wildman–Crippen LogP) is 3.43. The number of H-pyrrole nitrogens is 1. The van der Waals surface area contributed by atoms with E-state index in [4.69, 9.17) is 0 Å². The topological polar surface area (TPSA) is 56.5 Å². The highest BCUT2D eigenvalue weighted by atomic mass is 32.2. The molecule has 6 heteroatoms. The Kier molecular flexibility index (Phi) is 4.64. The molecule has 0 aliphatic carbocycles. The first-order chi connectivity index (χ1) is 13.1. The number of nitrogens with zero attached hydrogens (tertiary/aromatic N) is 2. The van der Waals surface area contributed by atoms with E-state index in [0.717, 1.165) is 16.1 Å². The van der Waals surface area contributed by atoms with Crippen molar-refractivity contribution in [2.24, 2.45) is 0 Å². The number of amides is 1. The maximum absolute atomic E-state index is 13.1. The number of rotatable bonds is 3. The molecule has 27 heavy (non-hydrogen) atoms. The van der Waals surface area contributed by atoms with Crippen LogP contribution in [0.5, 0.6) is 0 Å². The molecule has 1 aromatic heterocycles. The Morgan fingerprint density at radius 3 is 2.67 bits per heavy atom. The lowest BCUT2D eigenvalue weighted by Crippen LogP contribution is -2.39. The quantitative estimate of drug-likeness (QED) is 0.658. The second-order valence-electron chi connectivity index (χ2n) is 6.29. The van der Waals surface area contributed by atoms with Crippen molar-refractivity contribution in [2.75, 3.05) is 11.4 Å². The number of carbonyl (C=O) groups is 2. The molecule has 0 bridgehead atoms. The lowest BCUT2D eigenvalue weighted by Gasteiger charge is -2.29. The molecule has 1 aliphatic rings. The van der Waals surface area contributed by atoms with Gasteiger partial charge in [0.2, 0.25) is 6.33 Å². The van der Waals surface area contributed by atoms with Crippen LogP contribution in [0.2, 0.25) is 0 Å². The third kappa shape index (κ3) is 3.57. The molecule has 5 nitrogen and oxygen atoms in total.